The lowest BCUT2D eigenvalue weighted by Gasteiger charge is -2.21. The van der Waals surface area contributed by atoms with Gasteiger partial charge in [-0.15, -0.1) is 0 Å². The van der Waals surface area contributed by atoms with E-state index in [1.54, 1.807) is 0 Å². The summed E-state index contributed by atoms with van der Waals surface area (Å²) in [6.45, 7) is 0. The summed E-state index contributed by atoms with van der Waals surface area (Å²) in [5, 5.41) is 3.26. The molecular weight excluding hydrogens is 324 g/mol. The van der Waals surface area contributed by atoms with Gasteiger partial charge in [0.05, 0.1) is 16.6 Å². The highest BCUT2D eigenvalue weighted by Crippen LogP contribution is 2.44. The van der Waals surface area contributed by atoms with E-state index < -0.39 is 23.6 Å². The highest BCUT2D eigenvalue weighted by Gasteiger charge is 2.34. The first kappa shape index (κ1) is 15.7. The fourth-order valence-corrected chi connectivity index (χ4v) is 2.68. The summed E-state index contributed by atoms with van der Waals surface area (Å²) >= 11 is 6.10. The number of nitrogens with one attached hydrogen (secondary N) is 1. The Morgan fingerprint density at radius 1 is 1.35 bits per heavy atom. The number of halogens is 3. The molecule has 3 N–H and O–H groups in total. The van der Waals surface area contributed by atoms with Crippen molar-refractivity contribution in [2.24, 2.45) is 11.7 Å². The maximum absolute atomic E-state index is 14.1. The molecule has 23 heavy (non-hydrogen) atoms. The van der Waals surface area contributed by atoms with Crippen LogP contribution in [0.5, 0.6) is 0 Å². The van der Waals surface area contributed by atoms with Gasteiger partial charge in [0.1, 0.15) is 17.5 Å². The number of carbonyl (C=O) groups excluding carboxylic acids is 1. The van der Waals surface area contributed by atoms with Crippen molar-refractivity contribution in [2.45, 2.75) is 18.9 Å². The molecule has 1 fully saturated rings. The quantitative estimate of drug-likeness (QED) is 0.874. The Balaban J connectivity index is 1.92. The summed E-state index contributed by atoms with van der Waals surface area (Å²) in [7, 11) is 0. The van der Waals surface area contributed by atoms with E-state index in [9.17, 15) is 13.6 Å². The van der Waals surface area contributed by atoms with E-state index >= 15 is 0 Å². The standard InChI is InChI=1S/C16H14ClF2N3O/c17-12-5-9(15(20)23)7-21-16(12)22-14(8-1-2-8)11-6-10(18)3-4-13(11)19/h3-8,14H,1-2H2,(H2,20,23)(H,21,22). The Hall–Kier alpha value is -2.21. The molecule has 1 unspecified atom stereocenters. The van der Waals surface area contributed by atoms with E-state index in [2.05, 4.69) is 10.3 Å². The predicted octanol–water partition coefficient (Wildman–Crippen LogP) is 3.68. The van der Waals surface area contributed by atoms with Gasteiger partial charge in [-0.05, 0) is 43.0 Å². The number of primary amides is 1. The first-order valence-electron chi connectivity index (χ1n) is 7.12. The number of benzene rings is 1. The number of hydrogen-bond acceptors (Lipinski definition) is 3. The number of pyridine rings is 1. The molecule has 1 aliphatic rings. The van der Waals surface area contributed by atoms with Crippen LogP contribution in [-0.2, 0) is 0 Å². The largest absolute Gasteiger partial charge is 0.366 e. The summed E-state index contributed by atoms with van der Waals surface area (Å²) in [5.41, 5.74) is 5.59. The summed E-state index contributed by atoms with van der Waals surface area (Å²) in [6.07, 6.45) is 3.11. The number of hydrogen-bond donors (Lipinski definition) is 2. The molecule has 0 saturated heterocycles. The molecule has 2 aromatic rings. The summed E-state index contributed by atoms with van der Waals surface area (Å²) in [5.74, 6) is -1.14. The number of anilines is 1. The van der Waals surface area contributed by atoms with Gasteiger partial charge >= 0.3 is 0 Å². The molecule has 0 radical (unpaired) electrons. The van der Waals surface area contributed by atoms with Crippen LogP contribution < -0.4 is 11.1 Å². The van der Waals surface area contributed by atoms with Crippen LogP contribution in [0, 0.1) is 17.6 Å². The Kier molecular flexibility index (Phi) is 4.17. The maximum Gasteiger partial charge on any atom is 0.250 e. The molecule has 7 heteroatoms. The summed E-state index contributed by atoms with van der Waals surface area (Å²) in [4.78, 5) is 15.2. The SMILES string of the molecule is NC(=O)c1cnc(NC(c2cc(F)ccc2F)C2CC2)c(Cl)c1. The van der Waals surface area contributed by atoms with Crippen molar-refractivity contribution in [1.82, 2.24) is 4.98 Å². The molecule has 1 amide bonds. The van der Waals surface area contributed by atoms with E-state index in [0.29, 0.717) is 5.82 Å². The van der Waals surface area contributed by atoms with Crippen molar-refractivity contribution in [3.8, 4) is 0 Å². The number of nitrogens with two attached hydrogens (primary N) is 1. The second kappa shape index (κ2) is 6.12. The van der Waals surface area contributed by atoms with Crippen LogP contribution in [0.25, 0.3) is 0 Å². The monoisotopic (exact) mass is 337 g/mol. The second-order valence-corrected chi connectivity index (χ2v) is 5.95. The molecule has 1 aromatic heterocycles. The van der Waals surface area contributed by atoms with Gasteiger partial charge in [0.15, 0.2) is 0 Å². The van der Waals surface area contributed by atoms with Crippen LogP contribution in [-0.4, -0.2) is 10.9 Å². The zero-order chi connectivity index (χ0) is 16.6. The first-order valence-corrected chi connectivity index (χ1v) is 7.50. The van der Waals surface area contributed by atoms with Gasteiger partial charge in [-0.1, -0.05) is 11.6 Å². The van der Waals surface area contributed by atoms with Crippen LogP contribution in [0.4, 0.5) is 14.6 Å². The molecule has 1 saturated carbocycles. The third kappa shape index (κ3) is 3.42. The van der Waals surface area contributed by atoms with Crippen molar-refractivity contribution in [3.63, 3.8) is 0 Å². The van der Waals surface area contributed by atoms with Crippen molar-refractivity contribution >= 4 is 23.3 Å². The number of aromatic nitrogens is 1. The van der Waals surface area contributed by atoms with Crippen LogP contribution in [0.2, 0.25) is 5.02 Å². The fourth-order valence-electron chi connectivity index (χ4n) is 2.46. The summed E-state index contributed by atoms with van der Waals surface area (Å²) < 4.78 is 27.5. The van der Waals surface area contributed by atoms with Crippen LogP contribution in [0.1, 0.15) is 34.8 Å². The van der Waals surface area contributed by atoms with Crippen LogP contribution in [0.15, 0.2) is 30.5 Å². The summed E-state index contributed by atoms with van der Waals surface area (Å²) in [6, 6.07) is 4.32. The van der Waals surface area contributed by atoms with Gasteiger partial charge in [0.25, 0.3) is 0 Å². The van der Waals surface area contributed by atoms with Crippen molar-refractivity contribution in [1.29, 1.82) is 0 Å². The zero-order valence-electron chi connectivity index (χ0n) is 12.0. The molecule has 1 aromatic carbocycles. The van der Waals surface area contributed by atoms with E-state index in [1.807, 2.05) is 0 Å². The van der Waals surface area contributed by atoms with Crippen molar-refractivity contribution in [2.75, 3.05) is 5.32 Å². The number of rotatable bonds is 5. The molecule has 1 aliphatic carbocycles. The van der Waals surface area contributed by atoms with E-state index in [4.69, 9.17) is 17.3 Å². The molecule has 120 valence electrons. The van der Waals surface area contributed by atoms with Crippen molar-refractivity contribution in [3.05, 3.63) is 58.2 Å². The third-order valence-corrected chi connectivity index (χ3v) is 4.09. The normalized spacial score (nSPS) is 15.3. The topological polar surface area (TPSA) is 68.0 Å². The van der Waals surface area contributed by atoms with Crippen molar-refractivity contribution < 1.29 is 13.6 Å². The zero-order valence-corrected chi connectivity index (χ0v) is 12.8. The molecule has 0 aliphatic heterocycles. The van der Waals surface area contributed by atoms with Crippen LogP contribution >= 0.6 is 11.6 Å². The molecule has 3 rings (SSSR count). The smallest absolute Gasteiger partial charge is 0.250 e. The van der Waals surface area contributed by atoms with Gasteiger partial charge < -0.3 is 11.1 Å². The number of amides is 1. The Labute approximate surface area is 136 Å². The average Bonchev–Trinajstić information content (AvgIpc) is 3.33. The number of carbonyl (C=O) groups is 1. The van der Waals surface area contributed by atoms with Gasteiger partial charge in [-0.25, -0.2) is 13.8 Å². The molecule has 4 nitrogen and oxygen atoms in total. The first-order chi connectivity index (χ1) is 11.0. The van der Waals surface area contributed by atoms with E-state index in [0.717, 1.165) is 25.0 Å². The second-order valence-electron chi connectivity index (χ2n) is 5.54. The molecule has 0 spiro atoms. The van der Waals surface area contributed by atoms with Gasteiger partial charge in [-0.2, -0.15) is 0 Å². The lowest BCUT2D eigenvalue weighted by molar-refractivity contribution is 0.1000. The molecule has 1 atom stereocenters. The molecular formula is C16H14ClF2N3O. The lowest BCUT2D eigenvalue weighted by Crippen LogP contribution is -2.17. The Morgan fingerprint density at radius 2 is 2.09 bits per heavy atom. The van der Waals surface area contributed by atoms with Gasteiger partial charge in [0, 0.05) is 11.8 Å². The maximum atomic E-state index is 14.1. The average molecular weight is 338 g/mol. The lowest BCUT2D eigenvalue weighted by atomic mass is 10.0. The minimum Gasteiger partial charge on any atom is -0.366 e. The van der Waals surface area contributed by atoms with Gasteiger partial charge in [0.2, 0.25) is 5.91 Å². The molecule has 1 heterocycles. The van der Waals surface area contributed by atoms with E-state index in [-0.39, 0.29) is 22.1 Å². The Morgan fingerprint density at radius 3 is 2.70 bits per heavy atom. The predicted molar refractivity (Wildman–Crippen MR) is 83.2 cm³/mol. The molecule has 0 bridgehead atoms. The third-order valence-electron chi connectivity index (χ3n) is 3.80. The number of nitrogens with zero attached hydrogens (tertiary/aromatic N) is 1. The minimum absolute atomic E-state index is 0.181. The van der Waals surface area contributed by atoms with E-state index in [1.165, 1.54) is 18.3 Å². The minimum atomic E-state index is -0.638. The van der Waals surface area contributed by atoms with Gasteiger partial charge in [-0.3, -0.25) is 4.79 Å². The highest BCUT2D eigenvalue weighted by atomic mass is 35.5. The van der Waals surface area contributed by atoms with Crippen LogP contribution in [0.3, 0.4) is 0 Å². The fraction of sp³-hybridized carbons (Fsp3) is 0.250. The highest BCUT2D eigenvalue weighted by molar-refractivity contribution is 6.33. The Bertz CT molecular complexity index is 765.